The smallest absolute Gasteiger partial charge is 0.223 e. The molecule has 1 aromatic carbocycles. The second-order valence-electron chi connectivity index (χ2n) is 5.35. The van der Waals surface area contributed by atoms with E-state index in [0.29, 0.717) is 25.1 Å². The molecule has 1 amide bonds. The molecule has 1 aromatic rings. The number of carbonyl (C=O) groups excluding carboxylic acids is 1. The maximum Gasteiger partial charge on any atom is 0.223 e. The summed E-state index contributed by atoms with van der Waals surface area (Å²) in [6.07, 6.45) is 3.33. The van der Waals surface area contributed by atoms with Crippen molar-refractivity contribution in [1.82, 2.24) is 5.32 Å². The predicted octanol–water partition coefficient (Wildman–Crippen LogP) is 2.42. The number of nitrogens with two attached hydrogens (primary N) is 1. The second kappa shape index (κ2) is 8.29. The topological polar surface area (TPSA) is 55.1 Å². The van der Waals surface area contributed by atoms with Crippen molar-refractivity contribution in [3.05, 3.63) is 35.4 Å². The normalized spacial score (nSPS) is 20.9. The van der Waals surface area contributed by atoms with Crippen molar-refractivity contribution in [2.24, 2.45) is 17.6 Å². The minimum absolute atomic E-state index is 0. The molecule has 6 heteroatoms. The first-order valence-corrected chi connectivity index (χ1v) is 7.03. The minimum Gasteiger partial charge on any atom is -0.356 e. The summed E-state index contributed by atoms with van der Waals surface area (Å²) in [7, 11) is 0. The summed E-state index contributed by atoms with van der Waals surface area (Å²) in [6, 6.07) is 3.41. The average molecular weight is 319 g/mol. The molecular formula is C15H21ClF2N2O. The Labute approximate surface area is 129 Å². The van der Waals surface area contributed by atoms with Crippen LogP contribution in [0.1, 0.15) is 24.8 Å². The molecule has 2 rings (SSSR count). The van der Waals surface area contributed by atoms with Gasteiger partial charge in [-0.15, -0.1) is 12.4 Å². The van der Waals surface area contributed by atoms with E-state index in [0.717, 1.165) is 25.3 Å². The predicted molar refractivity (Wildman–Crippen MR) is 80.2 cm³/mol. The molecule has 3 N–H and O–H groups in total. The summed E-state index contributed by atoms with van der Waals surface area (Å²) in [5, 5.41) is 2.84. The first-order valence-electron chi connectivity index (χ1n) is 7.03. The van der Waals surface area contributed by atoms with Gasteiger partial charge in [0.05, 0.1) is 0 Å². The quantitative estimate of drug-likeness (QED) is 0.876. The Hall–Kier alpha value is -1.20. The fourth-order valence-electron chi connectivity index (χ4n) is 2.88. The van der Waals surface area contributed by atoms with Crippen LogP contribution in [0, 0.1) is 23.5 Å². The number of hydrogen-bond acceptors (Lipinski definition) is 2. The van der Waals surface area contributed by atoms with Gasteiger partial charge in [0.25, 0.3) is 0 Å². The van der Waals surface area contributed by atoms with Gasteiger partial charge in [-0.3, -0.25) is 4.79 Å². The molecule has 0 aliphatic heterocycles. The van der Waals surface area contributed by atoms with Gasteiger partial charge >= 0.3 is 0 Å². The first kappa shape index (κ1) is 17.9. The lowest BCUT2D eigenvalue weighted by Crippen LogP contribution is -2.36. The molecule has 1 saturated carbocycles. The summed E-state index contributed by atoms with van der Waals surface area (Å²) < 4.78 is 26.0. The van der Waals surface area contributed by atoms with Crippen LogP contribution < -0.4 is 11.1 Å². The Bertz CT molecular complexity index is 464. The van der Waals surface area contributed by atoms with Crippen LogP contribution in [0.2, 0.25) is 0 Å². The zero-order valence-electron chi connectivity index (χ0n) is 11.8. The van der Waals surface area contributed by atoms with E-state index in [1.54, 1.807) is 0 Å². The van der Waals surface area contributed by atoms with E-state index in [1.165, 1.54) is 12.1 Å². The molecule has 0 saturated heterocycles. The molecule has 2 atom stereocenters. The molecule has 0 heterocycles. The van der Waals surface area contributed by atoms with Crippen molar-refractivity contribution in [2.45, 2.75) is 25.7 Å². The molecule has 1 aliphatic rings. The van der Waals surface area contributed by atoms with E-state index in [4.69, 9.17) is 5.73 Å². The zero-order chi connectivity index (χ0) is 14.5. The van der Waals surface area contributed by atoms with Gasteiger partial charge in [-0.05, 0) is 49.4 Å². The maximum atomic E-state index is 13.0. The highest BCUT2D eigenvalue weighted by molar-refractivity contribution is 5.85. The van der Waals surface area contributed by atoms with E-state index < -0.39 is 11.6 Å². The van der Waals surface area contributed by atoms with Crippen LogP contribution >= 0.6 is 12.4 Å². The highest BCUT2D eigenvalue weighted by atomic mass is 35.5. The Balaban J connectivity index is 0.00000220. The summed E-state index contributed by atoms with van der Waals surface area (Å²) in [5.74, 6) is -0.920. The number of hydrogen-bond donors (Lipinski definition) is 2. The van der Waals surface area contributed by atoms with Gasteiger partial charge in [-0.2, -0.15) is 0 Å². The minimum atomic E-state index is -0.592. The number of carbonyl (C=O) groups is 1. The van der Waals surface area contributed by atoms with Gasteiger partial charge in [-0.1, -0.05) is 6.42 Å². The Morgan fingerprint density at radius 1 is 1.24 bits per heavy atom. The number of nitrogens with one attached hydrogen (secondary N) is 1. The molecule has 0 unspecified atom stereocenters. The van der Waals surface area contributed by atoms with Gasteiger partial charge in [0, 0.05) is 18.5 Å². The van der Waals surface area contributed by atoms with Crippen LogP contribution in [0.3, 0.4) is 0 Å². The van der Waals surface area contributed by atoms with Crippen LogP contribution in [0.15, 0.2) is 18.2 Å². The van der Waals surface area contributed by atoms with Crippen molar-refractivity contribution in [3.63, 3.8) is 0 Å². The largest absolute Gasteiger partial charge is 0.356 e. The van der Waals surface area contributed by atoms with E-state index in [9.17, 15) is 13.6 Å². The van der Waals surface area contributed by atoms with E-state index in [2.05, 4.69) is 5.32 Å². The lowest BCUT2D eigenvalue weighted by atomic mass is 9.95. The lowest BCUT2D eigenvalue weighted by molar-refractivity contribution is -0.125. The first-order chi connectivity index (χ1) is 9.60. The fourth-order valence-corrected chi connectivity index (χ4v) is 2.88. The summed E-state index contributed by atoms with van der Waals surface area (Å²) in [5.41, 5.74) is 6.20. The maximum absolute atomic E-state index is 13.0. The van der Waals surface area contributed by atoms with Crippen LogP contribution in [0.25, 0.3) is 0 Å². The average Bonchev–Trinajstić information content (AvgIpc) is 2.85. The third-order valence-electron chi connectivity index (χ3n) is 3.93. The van der Waals surface area contributed by atoms with E-state index in [1.807, 2.05) is 0 Å². The van der Waals surface area contributed by atoms with E-state index >= 15 is 0 Å². The third kappa shape index (κ3) is 4.93. The molecule has 1 aliphatic carbocycles. The standard InChI is InChI=1S/C15H20F2N2O.ClH/c16-12-6-10(7-13(17)8-12)4-5-19-15(20)14-3-1-2-11(14)9-18;/h6-8,11,14H,1-5,9,18H2,(H,19,20);1H/t11-,14-;/m1./s1. The van der Waals surface area contributed by atoms with Gasteiger partial charge in [0.1, 0.15) is 11.6 Å². The Morgan fingerprint density at radius 3 is 2.52 bits per heavy atom. The summed E-state index contributed by atoms with van der Waals surface area (Å²) >= 11 is 0. The highest BCUT2D eigenvalue weighted by Crippen LogP contribution is 2.30. The number of halogens is 3. The second-order valence-corrected chi connectivity index (χ2v) is 5.35. The molecule has 0 bridgehead atoms. The molecule has 1 fully saturated rings. The van der Waals surface area contributed by atoms with Crippen LogP contribution in [-0.2, 0) is 11.2 Å². The Kier molecular flexibility index (Phi) is 7.05. The van der Waals surface area contributed by atoms with Gasteiger partial charge in [0.2, 0.25) is 5.91 Å². The van der Waals surface area contributed by atoms with Crippen LogP contribution in [0.5, 0.6) is 0 Å². The molecule has 0 aromatic heterocycles. The monoisotopic (exact) mass is 318 g/mol. The van der Waals surface area contributed by atoms with E-state index in [-0.39, 0.29) is 30.2 Å². The molecule has 21 heavy (non-hydrogen) atoms. The van der Waals surface area contributed by atoms with Gasteiger partial charge < -0.3 is 11.1 Å². The third-order valence-corrected chi connectivity index (χ3v) is 3.93. The van der Waals surface area contributed by atoms with Crippen molar-refractivity contribution >= 4 is 18.3 Å². The van der Waals surface area contributed by atoms with Crippen molar-refractivity contribution in [1.29, 1.82) is 0 Å². The molecule has 0 radical (unpaired) electrons. The molecule has 118 valence electrons. The number of rotatable bonds is 5. The van der Waals surface area contributed by atoms with Crippen molar-refractivity contribution in [2.75, 3.05) is 13.1 Å². The molecule has 3 nitrogen and oxygen atoms in total. The fraction of sp³-hybridized carbons (Fsp3) is 0.533. The van der Waals surface area contributed by atoms with Crippen molar-refractivity contribution in [3.8, 4) is 0 Å². The number of amides is 1. The highest BCUT2D eigenvalue weighted by Gasteiger charge is 2.31. The Morgan fingerprint density at radius 2 is 1.90 bits per heavy atom. The summed E-state index contributed by atoms with van der Waals surface area (Å²) in [4.78, 5) is 12.0. The summed E-state index contributed by atoms with van der Waals surface area (Å²) in [6.45, 7) is 0.919. The van der Waals surface area contributed by atoms with Crippen LogP contribution in [-0.4, -0.2) is 19.0 Å². The SMILES string of the molecule is Cl.NC[C@H]1CCC[C@H]1C(=O)NCCc1cc(F)cc(F)c1. The van der Waals surface area contributed by atoms with Gasteiger partial charge in [0.15, 0.2) is 0 Å². The van der Waals surface area contributed by atoms with Crippen LogP contribution in [0.4, 0.5) is 8.78 Å². The number of benzene rings is 1. The van der Waals surface area contributed by atoms with Gasteiger partial charge in [-0.25, -0.2) is 8.78 Å². The lowest BCUT2D eigenvalue weighted by Gasteiger charge is -2.17. The zero-order valence-corrected chi connectivity index (χ0v) is 12.6. The van der Waals surface area contributed by atoms with Crippen molar-refractivity contribution < 1.29 is 13.6 Å². The molecule has 0 spiro atoms. The molecular weight excluding hydrogens is 298 g/mol.